The van der Waals surface area contributed by atoms with Crippen molar-refractivity contribution < 1.29 is 0 Å². The van der Waals surface area contributed by atoms with Gasteiger partial charge in [0.05, 0.1) is 0 Å². The summed E-state index contributed by atoms with van der Waals surface area (Å²) >= 11 is 0. The van der Waals surface area contributed by atoms with E-state index < -0.39 is 0 Å². The van der Waals surface area contributed by atoms with Crippen molar-refractivity contribution in [3.05, 3.63) is 0 Å². The third kappa shape index (κ3) is 4.22. The lowest BCUT2D eigenvalue weighted by Gasteiger charge is -2.32. The summed E-state index contributed by atoms with van der Waals surface area (Å²) < 4.78 is 0. The second kappa shape index (κ2) is 7.46. The van der Waals surface area contributed by atoms with Crippen LogP contribution in [0.4, 0.5) is 0 Å². The van der Waals surface area contributed by atoms with E-state index in [2.05, 4.69) is 29.0 Å². The van der Waals surface area contributed by atoms with Gasteiger partial charge in [0, 0.05) is 18.6 Å². The summed E-state index contributed by atoms with van der Waals surface area (Å²) in [6.45, 7) is 12.2. The van der Waals surface area contributed by atoms with Gasteiger partial charge in [-0.15, -0.1) is 0 Å². The van der Waals surface area contributed by atoms with Crippen LogP contribution in [0, 0.1) is 0 Å². The molecule has 3 heteroatoms. The Morgan fingerprint density at radius 1 is 1.17 bits per heavy atom. The van der Waals surface area contributed by atoms with Crippen molar-refractivity contribution in [1.29, 1.82) is 0 Å². The van der Waals surface area contributed by atoms with E-state index in [-0.39, 0.29) is 0 Å². The summed E-state index contributed by atoms with van der Waals surface area (Å²) in [5, 5.41) is 3.51. The lowest BCUT2D eigenvalue weighted by Crippen LogP contribution is -2.41. The molecule has 0 aromatic rings. The number of nitrogens with one attached hydrogen (secondary N) is 1. The molecule has 0 amide bonds. The molecule has 2 rings (SSSR count). The molecule has 2 heterocycles. The van der Waals surface area contributed by atoms with Gasteiger partial charge in [0.2, 0.25) is 0 Å². The van der Waals surface area contributed by atoms with E-state index in [1.54, 1.807) is 0 Å². The fourth-order valence-electron chi connectivity index (χ4n) is 3.42. The molecule has 3 nitrogen and oxygen atoms in total. The van der Waals surface area contributed by atoms with E-state index in [1.165, 1.54) is 64.8 Å². The standard InChI is InChI=1S/C15H31N3/c1-3-16-14(2)7-11-17-12-8-15(13-17)18-9-5-4-6-10-18/h14-16H,3-13H2,1-2H3. The largest absolute Gasteiger partial charge is 0.314 e. The van der Waals surface area contributed by atoms with Gasteiger partial charge < -0.3 is 10.2 Å². The van der Waals surface area contributed by atoms with Crippen LogP contribution >= 0.6 is 0 Å². The van der Waals surface area contributed by atoms with E-state index in [0.717, 1.165) is 12.6 Å². The lowest BCUT2D eigenvalue weighted by atomic mass is 10.1. The van der Waals surface area contributed by atoms with Crippen LogP contribution in [0.5, 0.6) is 0 Å². The fraction of sp³-hybridized carbons (Fsp3) is 1.00. The summed E-state index contributed by atoms with van der Waals surface area (Å²) in [7, 11) is 0. The number of hydrogen-bond acceptors (Lipinski definition) is 3. The predicted molar refractivity (Wildman–Crippen MR) is 78.0 cm³/mol. The zero-order chi connectivity index (χ0) is 12.8. The van der Waals surface area contributed by atoms with Crippen LogP contribution in [0.25, 0.3) is 0 Å². The number of hydrogen-bond donors (Lipinski definition) is 1. The van der Waals surface area contributed by atoms with Crippen LogP contribution in [-0.2, 0) is 0 Å². The van der Waals surface area contributed by atoms with Gasteiger partial charge in [0.25, 0.3) is 0 Å². The molecule has 0 aliphatic carbocycles. The Labute approximate surface area is 113 Å². The van der Waals surface area contributed by atoms with Crippen molar-refractivity contribution in [2.45, 2.75) is 58.0 Å². The van der Waals surface area contributed by atoms with Crippen molar-refractivity contribution in [3.8, 4) is 0 Å². The van der Waals surface area contributed by atoms with Crippen LogP contribution in [0.15, 0.2) is 0 Å². The minimum Gasteiger partial charge on any atom is -0.314 e. The molecule has 0 radical (unpaired) electrons. The van der Waals surface area contributed by atoms with Gasteiger partial charge in [-0.25, -0.2) is 0 Å². The van der Waals surface area contributed by atoms with Crippen molar-refractivity contribution in [3.63, 3.8) is 0 Å². The van der Waals surface area contributed by atoms with E-state index in [0.29, 0.717) is 6.04 Å². The fourth-order valence-corrected chi connectivity index (χ4v) is 3.42. The average Bonchev–Trinajstić information content (AvgIpc) is 2.87. The molecule has 0 saturated carbocycles. The first-order valence-corrected chi connectivity index (χ1v) is 7.99. The Kier molecular flexibility index (Phi) is 5.93. The van der Waals surface area contributed by atoms with Crippen LogP contribution < -0.4 is 5.32 Å². The van der Waals surface area contributed by atoms with Crippen molar-refractivity contribution in [1.82, 2.24) is 15.1 Å². The first-order valence-electron chi connectivity index (χ1n) is 7.99. The van der Waals surface area contributed by atoms with Gasteiger partial charge in [0.1, 0.15) is 0 Å². The molecule has 2 aliphatic rings. The Hall–Kier alpha value is -0.120. The summed E-state index contributed by atoms with van der Waals surface area (Å²) in [5.41, 5.74) is 0. The second-order valence-corrected chi connectivity index (χ2v) is 6.09. The predicted octanol–water partition coefficient (Wildman–Crippen LogP) is 1.93. The van der Waals surface area contributed by atoms with Gasteiger partial charge in [-0.05, 0) is 65.3 Å². The van der Waals surface area contributed by atoms with E-state index in [1.807, 2.05) is 0 Å². The van der Waals surface area contributed by atoms with Crippen LogP contribution in [0.1, 0.15) is 46.0 Å². The molecule has 0 spiro atoms. The maximum absolute atomic E-state index is 3.51. The molecule has 2 aliphatic heterocycles. The minimum absolute atomic E-state index is 0.670. The number of rotatable bonds is 6. The first kappa shape index (κ1) is 14.3. The Balaban J connectivity index is 1.64. The summed E-state index contributed by atoms with van der Waals surface area (Å²) in [6, 6.07) is 1.53. The highest BCUT2D eigenvalue weighted by Crippen LogP contribution is 2.20. The van der Waals surface area contributed by atoms with E-state index >= 15 is 0 Å². The molecule has 0 aromatic heterocycles. The summed E-state index contributed by atoms with van der Waals surface area (Å²) in [6.07, 6.45) is 6.99. The zero-order valence-corrected chi connectivity index (χ0v) is 12.3. The molecule has 1 N–H and O–H groups in total. The third-order valence-corrected chi connectivity index (χ3v) is 4.59. The average molecular weight is 253 g/mol. The zero-order valence-electron chi connectivity index (χ0n) is 12.3. The normalized spacial score (nSPS) is 28.7. The number of nitrogens with zero attached hydrogens (tertiary/aromatic N) is 2. The first-order chi connectivity index (χ1) is 8.79. The molecule has 2 saturated heterocycles. The quantitative estimate of drug-likeness (QED) is 0.780. The SMILES string of the molecule is CCNC(C)CCN1CCC(N2CCCCC2)C1. The molecule has 0 bridgehead atoms. The number of piperidine rings is 1. The molecule has 2 atom stereocenters. The molecular weight excluding hydrogens is 222 g/mol. The Bertz CT molecular complexity index is 226. The molecule has 2 unspecified atom stereocenters. The van der Waals surface area contributed by atoms with Crippen molar-refractivity contribution in [2.24, 2.45) is 0 Å². The lowest BCUT2D eigenvalue weighted by molar-refractivity contribution is 0.161. The molecule has 106 valence electrons. The third-order valence-electron chi connectivity index (χ3n) is 4.59. The highest BCUT2D eigenvalue weighted by molar-refractivity contribution is 4.85. The molecule has 0 aromatic carbocycles. The van der Waals surface area contributed by atoms with E-state index in [4.69, 9.17) is 0 Å². The van der Waals surface area contributed by atoms with Gasteiger partial charge in [0.15, 0.2) is 0 Å². The van der Waals surface area contributed by atoms with Crippen LogP contribution in [0.2, 0.25) is 0 Å². The maximum atomic E-state index is 3.51. The van der Waals surface area contributed by atoms with Crippen LogP contribution in [-0.4, -0.2) is 61.2 Å². The smallest absolute Gasteiger partial charge is 0.0235 e. The van der Waals surface area contributed by atoms with Gasteiger partial charge >= 0.3 is 0 Å². The Morgan fingerprint density at radius 2 is 1.94 bits per heavy atom. The number of likely N-dealkylation sites (tertiary alicyclic amines) is 2. The topological polar surface area (TPSA) is 18.5 Å². The summed E-state index contributed by atoms with van der Waals surface area (Å²) in [5.74, 6) is 0. The second-order valence-electron chi connectivity index (χ2n) is 6.09. The van der Waals surface area contributed by atoms with E-state index in [9.17, 15) is 0 Å². The highest BCUT2D eigenvalue weighted by Gasteiger charge is 2.28. The van der Waals surface area contributed by atoms with Gasteiger partial charge in [-0.1, -0.05) is 13.3 Å². The monoisotopic (exact) mass is 253 g/mol. The maximum Gasteiger partial charge on any atom is 0.0235 e. The van der Waals surface area contributed by atoms with Crippen molar-refractivity contribution in [2.75, 3.05) is 39.3 Å². The molecular formula is C15H31N3. The Morgan fingerprint density at radius 3 is 2.67 bits per heavy atom. The molecule has 18 heavy (non-hydrogen) atoms. The summed E-state index contributed by atoms with van der Waals surface area (Å²) in [4.78, 5) is 5.42. The minimum atomic E-state index is 0.670. The van der Waals surface area contributed by atoms with Crippen molar-refractivity contribution >= 4 is 0 Å². The van der Waals surface area contributed by atoms with Gasteiger partial charge in [-0.3, -0.25) is 4.90 Å². The van der Waals surface area contributed by atoms with Crippen LogP contribution in [0.3, 0.4) is 0 Å². The molecule has 2 fully saturated rings. The highest BCUT2D eigenvalue weighted by atomic mass is 15.3. The van der Waals surface area contributed by atoms with Gasteiger partial charge in [-0.2, -0.15) is 0 Å².